The number of carboxylic acid groups (broad SMARTS) is 1. The molecule has 1 amide bonds. The molecular weight excluding hydrogens is 317 g/mol. The number of hydrogen-bond acceptors (Lipinski definition) is 3. The first-order valence-corrected chi connectivity index (χ1v) is 6.92. The molecule has 1 unspecified atom stereocenters. The van der Waals surface area contributed by atoms with Crippen molar-refractivity contribution in [3.8, 4) is 0 Å². The summed E-state index contributed by atoms with van der Waals surface area (Å²) in [6.07, 6.45) is -0.858. The van der Waals surface area contributed by atoms with Crippen LogP contribution in [-0.2, 0) is 15.1 Å². The van der Waals surface area contributed by atoms with Crippen molar-refractivity contribution in [2.45, 2.75) is 38.8 Å². The van der Waals surface area contributed by atoms with Crippen molar-refractivity contribution >= 4 is 35.3 Å². The molecule has 0 radical (unpaired) electrons. The average Bonchev–Trinajstić information content (AvgIpc) is 2.29. The third-order valence-corrected chi connectivity index (χ3v) is 3.49. The molecule has 0 heterocycles. The van der Waals surface area contributed by atoms with E-state index in [-0.39, 0.29) is 15.6 Å². The van der Waals surface area contributed by atoms with Crippen molar-refractivity contribution in [2.75, 3.05) is 0 Å². The van der Waals surface area contributed by atoms with E-state index in [9.17, 15) is 14.7 Å². The highest BCUT2D eigenvalue weighted by Gasteiger charge is 2.40. The van der Waals surface area contributed by atoms with Crippen LogP contribution in [0.4, 0.5) is 4.79 Å². The first-order valence-electron chi connectivity index (χ1n) is 6.16. The molecule has 21 heavy (non-hydrogen) atoms. The standard InChI is InChI=1S/C14H17Cl2NO4/c1-13(2,3)21-12(20)17-14(4,11(18)19)8-6-5-7-9(15)10(8)16/h5-7H,1-4H3,(H,17,20)(H,18,19). The number of aliphatic carboxylic acids is 1. The summed E-state index contributed by atoms with van der Waals surface area (Å²) < 4.78 is 5.09. The molecule has 0 fully saturated rings. The van der Waals surface area contributed by atoms with Gasteiger partial charge in [-0.25, -0.2) is 9.59 Å². The SMILES string of the molecule is CC(C)(C)OC(=O)NC(C)(C(=O)O)c1cccc(Cl)c1Cl. The van der Waals surface area contributed by atoms with Crippen LogP contribution in [0.25, 0.3) is 0 Å². The Morgan fingerprint density at radius 2 is 1.76 bits per heavy atom. The van der Waals surface area contributed by atoms with E-state index in [2.05, 4.69) is 5.32 Å². The Morgan fingerprint density at radius 1 is 1.19 bits per heavy atom. The van der Waals surface area contributed by atoms with Gasteiger partial charge in [-0.05, 0) is 33.8 Å². The predicted molar refractivity (Wildman–Crippen MR) is 80.8 cm³/mol. The van der Waals surface area contributed by atoms with Gasteiger partial charge in [-0.2, -0.15) is 0 Å². The van der Waals surface area contributed by atoms with Crippen molar-refractivity contribution < 1.29 is 19.4 Å². The molecule has 0 aromatic heterocycles. The van der Waals surface area contributed by atoms with Crippen LogP contribution in [0.1, 0.15) is 33.3 Å². The minimum atomic E-state index is -1.76. The summed E-state index contributed by atoms with van der Waals surface area (Å²) in [7, 11) is 0. The summed E-state index contributed by atoms with van der Waals surface area (Å²) in [4.78, 5) is 23.5. The van der Waals surface area contributed by atoms with Gasteiger partial charge in [-0.15, -0.1) is 0 Å². The largest absolute Gasteiger partial charge is 0.479 e. The monoisotopic (exact) mass is 333 g/mol. The zero-order chi connectivity index (χ0) is 16.4. The lowest BCUT2D eigenvalue weighted by molar-refractivity contribution is -0.144. The summed E-state index contributed by atoms with van der Waals surface area (Å²) in [6.45, 7) is 6.35. The minimum Gasteiger partial charge on any atom is -0.479 e. The molecule has 0 saturated carbocycles. The number of halogens is 2. The molecular formula is C14H17Cl2NO4. The van der Waals surface area contributed by atoms with Crippen LogP contribution < -0.4 is 5.32 Å². The van der Waals surface area contributed by atoms with E-state index in [1.54, 1.807) is 26.8 Å². The first kappa shape index (κ1) is 17.6. The molecule has 5 nitrogen and oxygen atoms in total. The lowest BCUT2D eigenvalue weighted by Crippen LogP contribution is -2.51. The van der Waals surface area contributed by atoms with Crippen molar-refractivity contribution in [3.05, 3.63) is 33.8 Å². The summed E-state index contributed by atoms with van der Waals surface area (Å²) in [5.41, 5.74) is -2.33. The highest BCUT2D eigenvalue weighted by Crippen LogP contribution is 2.33. The summed E-state index contributed by atoms with van der Waals surface area (Å²) >= 11 is 11.9. The van der Waals surface area contributed by atoms with Crippen molar-refractivity contribution in [3.63, 3.8) is 0 Å². The summed E-state index contributed by atoms with van der Waals surface area (Å²) in [5.74, 6) is -1.28. The molecule has 0 saturated heterocycles. The third kappa shape index (κ3) is 4.25. The zero-order valence-corrected chi connectivity index (χ0v) is 13.7. The van der Waals surface area contributed by atoms with Gasteiger partial charge < -0.3 is 15.2 Å². The molecule has 0 aliphatic heterocycles. The smallest absolute Gasteiger partial charge is 0.408 e. The predicted octanol–water partition coefficient (Wildman–Crippen LogP) is 3.82. The van der Waals surface area contributed by atoms with Gasteiger partial charge in [-0.1, -0.05) is 35.3 Å². The lowest BCUT2D eigenvalue weighted by atomic mass is 9.92. The van der Waals surface area contributed by atoms with Gasteiger partial charge in [0.15, 0.2) is 5.54 Å². The van der Waals surface area contributed by atoms with Crippen LogP contribution >= 0.6 is 23.2 Å². The van der Waals surface area contributed by atoms with E-state index in [1.807, 2.05) is 0 Å². The highest BCUT2D eigenvalue weighted by atomic mass is 35.5. The molecule has 0 bridgehead atoms. The Morgan fingerprint density at radius 3 is 2.24 bits per heavy atom. The van der Waals surface area contributed by atoms with E-state index in [0.29, 0.717) is 0 Å². The molecule has 0 aliphatic carbocycles. The normalized spacial score (nSPS) is 14.2. The molecule has 7 heteroatoms. The number of carbonyl (C=O) groups is 2. The number of carbonyl (C=O) groups excluding carboxylic acids is 1. The fraction of sp³-hybridized carbons (Fsp3) is 0.429. The molecule has 1 aromatic carbocycles. The lowest BCUT2D eigenvalue weighted by Gasteiger charge is -2.29. The number of alkyl carbamates (subject to hydrolysis) is 1. The maximum Gasteiger partial charge on any atom is 0.408 e. The molecule has 2 N–H and O–H groups in total. The van der Waals surface area contributed by atoms with Gasteiger partial charge in [0.05, 0.1) is 10.0 Å². The zero-order valence-electron chi connectivity index (χ0n) is 12.2. The number of carboxylic acids is 1. The number of ether oxygens (including phenoxy) is 1. The second kappa shape index (κ2) is 6.12. The topological polar surface area (TPSA) is 75.6 Å². The minimum absolute atomic E-state index is 0.0696. The van der Waals surface area contributed by atoms with Gasteiger partial charge >= 0.3 is 12.1 Å². The van der Waals surface area contributed by atoms with Crippen LogP contribution in [0.15, 0.2) is 18.2 Å². The van der Waals surface area contributed by atoms with Crippen LogP contribution in [0.5, 0.6) is 0 Å². The van der Waals surface area contributed by atoms with Gasteiger partial charge in [-0.3, -0.25) is 0 Å². The van der Waals surface area contributed by atoms with Crippen LogP contribution in [0.3, 0.4) is 0 Å². The van der Waals surface area contributed by atoms with Gasteiger partial charge in [0, 0.05) is 5.56 Å². The number of nitrogens with one attached hydrogen (secondary N) is 1. The quantitative estimate of drug-likeness (QED) is 0.881. The van der Waals surface area contributed by atoms with E-state index in [1.165, 1.54) is 19.1 Å². The van der Waals surface area contributed by atoms with E-state index in [0.717, 1.165) is 0 Å². The Kier molecular flexibility index (Phi) is 5.12. The van der Waals surface area contributed by atoms with Gasteiger partial charge in [0.25, 0.3) is 0 Å². The number of benzene rings is 1. The highest BCUT2D eigenvalue weighted by molar-refractivity contribution is 6.42. The van der Waals surface area contributed by atoms with Gasteiger partial charge in [0.1, 0.15) is 5.60 Å². The van der Waals surface area contributed by atoms with E-state index in [4.69, 9.17) is 27.9 Å². The maximum absolute atomic E-state index is 11.9. The Bertz CT molecular complexity index is 569. The first-order chi connectivity index (χ1) is 9.47. The van der Waals surface area contributed by atoms with Crippen molar-refractivity contribution in [1.82, 2.24) is 5.32 Å². The van der Waals surface area contributed by atoms with Crippen LogP contribution in [-0.4, -0.2) is 22.8 Å². The van der Waals surface area contributed by atoms with Crippen molar-refractivity contribution in [2.24, 2.45) is 0 Å². The average molecular weight is 334 g/mol. The second-order valence-electron chi connectivity index (χ2n) is 5.66. The van der Waals surface area contributed by atoms with E-state index >= 15 is 0 Å². The second-order valence-corrected chi connectivity index (χ2v) is 6.44. The Balaban J connectivity index is 3.18. The third-order valence-electron chi connectivity index (χ3n) is 2.67. The molecule has 116 valence electrons. The Hall–Kier alpha value is -1.46. The maximum atomic E-state index is 11.9. The summed E-state index contributed by atoms with van der Waals surface area (Å²) in [5, 5.41) is 12.1. The van der Waals surface area contributed by atoms with Crippen LogP contribution in [0.2, 0.25) is 10.0 Å². The fourth-order valence-electron chi connectivity index (χ4n) is 1.63. The summed E-state index contributed by atoms with van der Waals surface area (Å²) in [6, 6.07) is 4.57. The molecule has 1 atom stereocenters. The van der Waals surface area contributed by atoms with Crippen LogP contribution in [0, 0.1) is 0 Å². The number of hydrogen-bond donors (Lipinski definition) is 2. The van der Waals surface area contributed by atoms with E-state index < -0.39 is 23.2 Å². The molecule has 1 rings (SSSR count). The number of rotatable bonds is 3. The number of amides is 1. The Labute approximate surface area is 133 Å². The molecule has 1 aromatic rings. The molecule has 0 aliphatic rings. The molecule has 0 spiro atoms. The fourth-order valence-corrected chi connectivity index (χ4v) is 2.12. The van der Waals surface area contributed by atoms with Gasteiger partial charge in [0.2, 0.25) is 0 Å². The van der Waals surface area contributed by atoms with Crippen molar-refractivity contribution in [1.29, 1.82) is 0 Å².